The lowest BCUT2D eigenvalue weighted by atomic mass is 10.3. The van der Waals surface area contributed by atoms with E-state index in [4.69, 9.17) is 4.74 Å². The van der Waals surface area contributed by atoms with Gasteiger partial charge in [-0.3, -0.25) is 10.1 Å². The first kappa shape index (κ1) is 15.6. The number of hydrogen-bond acceptors (Lipinski definition) is 8. The lowest BCUT2D eigenvalue weighted by molar-refractivity contribution is -0.387. The molecule has 0 atom stereocenters. The highest BCUT2D eigenvalue weighted by Crippen LogP contribution is 2.37. The number of nitro benzene ring substituents is 1. The maximum atomic E-state index is 13.1. The largest absolute Gasteiger partial charge is 0.383 e. The lowest BCUT2D eigenvalue weighted by Gasteiger charge is -2.00. The quantitative estimate of drug-likeness (QED) is 0.474. The maximum Gasteiger partial charge on any atom is 0.286 e. The van der Waals surface area contributed by atoms with Gasteiger partial charge in [-0.1, -0.05) is 11.3 Å². The second-order valence-corrected chi connectivity index (χ2v) is 6.03. The minimum absolute atomic E-state index is 0.288. The molecule has 0 aliphatic carbocycles. The molecule has 0 spiro atoms. The molecule has 1 N–H and O–H groups in total. The van der Waals surface area contributed by atoms with E-state index in [0.717, 1.165) is 17.8 Å². The molecule has 2 rings (SSSR count). The van der Waals surface area contributed by atoms with Gasteiger partial charge in [0.2, 0.25) is 5.13 Å². The van der Waals surface area contributed by atoms with Crippen molar-refractivity contribution in [1.29, 1.82) is 0 Å². The van der Waals surface area contributed by atoms with E-state index in [1.165, 1.54) is 23.5 Å². The number of nitro groups is 1. The number of nitrogens with zero attached hydrogens (tertiary/aromatic N) is 3. The van der Waals surface area contributed by atoms with Crippen LogP contribution in [0.5, 0.6) is 0 Å². The third-order valence-corrected chi connectivity index (χ3v) is 4.30. The van der Waals surface area contributed by atoms with Crippen LogP contribution < -0.4 is 5.32 Å². The Labute approximate surface area is 127 Å². The van der Waals surface area contributed by atoms with E-state index in [2.05, 4.69) is 15.5 Å². The average Bonchev–Trinajstić information content (AvgIpc) is 2.88. The van der Waals surface area contributed by atoms with Gasteiger partial charge in [0.15, 0.2) is 4.34 Å². The van der Waals surface area contributed by atoms with Crippen LogP contribution in [0.2, 0.25) is 0 Å². The summed E-state index contributed by atoms with van der Waals surface area (Å²) < 4.78 is 18.5. The highest BCUT2D eigenvalue weighted by Gasteiger charge is 2.17. The number of benzene rings is 1. The van der Waals surface area contributed by atoms with Gasteiger partial charge in [0.25, 0.3) is 5.69 Å². The Morgan fingerprint density at radius 3 is 3.05 bits per heavy atom. The first-order valence-electron chi connectivity index (χ1n) is 5.78. The molecule has 2 aromatic rings. The van der Waals surface area contributed by atoms with Crippen LogP contribution in [0.1, 0.15) is 0 Å². The van der Waals surface area contributed by atoms with Gasteiger partial charge in [0.05, 0.1) is 22.5 Å². The highest BCUT2D eigenvalue weighted by molar-refractivity contribution is 8.01. The molecule has 0 radical (unpaired) electrons. The Kier molecular flexibility index (Phi) is 5.42. The zero-order valence-electron chi connectivity index (χ0n) is 10.9. The Balaban J connectivity index is 2.10. The summed E-state index contributed by atoms with van der Waals surface area (Å²) in [6, 6.07) is 3.42. The molecule has 7 nitrogen and oxygen atoms in total. The standard InChI is InChI=1S/C11H11FN4O3S2/c1-19-5-4-13-10-14-15-11(21-10)20-9-3-2-7(12)6-8(9)16(17)18/h2-3,6H,4-5H2,1H3,(H,13,14). The molecule has 0 fully saturated rings. The molecule has 0 amide bonds. The minimum atomic E-state index is -0.648. The van der Waals surface area contributed by atoms with Crippen LogP contribution in [0, 0.1) is 15.9 Å². The van der Waals surface area contributed by atoms with E-state index in [1.807, 2.05) is 0 Å². The van der Waals surface area contributed by atoms with Gasteiger partial charge in [0, 0.05) is 13.7 Å². The number of nitrogens with one attached hydrogen (secondary N) is 1. The van der Waals surface area contributed by atoms with Crippen molar-refractivity contribution >= 4 is 33.9 Å². The van der Waals surface area contributed by atoms with E-state index < -0.39 is 10.7 Å². The van der Waals surface area contributed by atoms with E-state index >= 15 is 0 Å². The maximum absolute atomic E-state index is 13.1. The molecule has 21 heavy (non-hydrogen) atoms. The zero-order valence-corrected chi connectivity index (χ0v) is 12.5. The third-order valence-electron chi connectivity index (χ3n) is 2.30. The SMILES string of the molecule is COCCNc1nnc(Sc2ccc(F)cc2[N+](=O)[O-])s1. The number of anilines is 1. The Morgan fingerprint density at radius 1 is 1.52 bits per heavy atom. The van der Waals surface area contributed by atoms with E-state index in [9.17, 15) is 14.5 Å². The minimum Gasteiger partial charge on any atom is -0.383 e. The second-order valence-electron chi connectivity index (χ2n) is 3.76. The molecule has 0 saturated carbocycles. The zero-order chi connectivity index (χ0) is 15.2. The van der Waals surface area contributed by atoms with Gasteiger partial charge in [-0.25, -0.2) is 4.39 Å². The van der Waals surface area contributed by atoms with Gasteiger partial charge in [0.1, 0.15) is 5.82 Å². The van der Waals surface area contributed by atoms with Crippen LogP contribution in [-0.4, -0.2) is 35.4 Å². The Bertz CT molecular complexity index is 638. The molecule has 0 unspecified atom stereocenters. The molecule has 10 heteroatoms. The molecule has 0 bridgehead atoms. The predicted octanol–water partition coefficient (Wildman–Crippen LogP) is 2.79. The van der Waals surface area contributed by atoms with Crippen molar-refractivity contribution in [2.75, 3.05) is 25.6 Å². The predicted molar refractivity (Wildman–Crippen MR) is 77.5 cm³/mol. The number of methoxy groups -OCH3 is 1. The smallest absolute Gasteiger partial charge is 0.286 e. The van der Waals surface area contributed by atoms with E-state index in [-0.39, 0.29) is 5.69 Å². The van der Waals surface area contributed by atoms with Crippen LogP contribution in [0.3, 0.4) is 0 Å². The summed E-state index contributed by atoms with van der Waals surface area (Å²) in [7, 11) is 1.59. The average molecular weight is 330 g/mol. The highest BCUT2D eigenvalue weighted by atomic mass is 32.2. The number of aromatic nitrogens is 2. The summed E-state index contributed by atoms with van der Waals surface area (Å²) in [4.78, 5) is 10.6. The van der Waals surface area contributed by atoms with Gasteiger partial charge >= 0.3 is 0 Å². The molecular weight excluding hydrogens is 319 g/mol. The molecule has 0 aliphatic heterocycles. The van der Waals surface area contributed by atoms with Crippen molar-refractivity contribution in [3.63, 3.8) is 0 Å². The first-order valence-corrected chi connectivity index (χ1v) is 7.41. The number of halogens is 1. The van der Waals surface area contributed by atoms with E-state index in [1.54, 1.807) is 7.11 Å². The van der Waals surface area contributed by atoms with Gasteiger partial charge in [-0.2, -0.15) is 0 Å². The van der Waals surface area contributed by atoms with Gasteiger partial charge < -0.3 is 10.1 Å². The topological polar surface area (TPSA) is 90.2 Å². The van der Waals surface area contributed by atoms with Crippen molar-refractivity contribution in [1.82, 2.24) is 10.2 Å². The van der Waals surface area contributed by atoms with Crippen molar-refractivity contribution in [2.45, 2.75) is 9.24 Å². The van der Waals surface area contributed by atoms with Gasteiger partial charge in [-0.15, -0.1) is 10.2 Å². The Hall–Kier alpha value is -1.78. The second kappa shape index (κ2) is 7.29. The normalized spacial score (nSPS) is 10.6. The summed E-state index contributed by atoms with van der Waals surface area (Å²) in [5.41, 5.74) is -0.288. The number of hydrogen-bond donors (Lipinski definition) is 1. The van der Waals surface area contributed by atoms with Gasteiger partial charge in [-0.05, 0) is 23.9 Å². The Morgan fingerprint density at radius 2 is 2.33 bits per heavy atom. The molecule has 112 valence electrons. The summed E-state index contributed by atoms with van der Waals surface area (Å²) in [6.07, 6.45) is 0. The van der Waals surface area contributed by atoms with Crippen LogP contribution >= 0.6 is 23.1 Å². The van der Waals surface area contributed by atoms with Crippen molar-refractivity contribution in [2.24, 2.45) is 0 Å². The number of rotatable bonds is 7. The summed E-state index contributed by atoms with van der Waals surface area (Å²) in [6.45, 7) is 1.12. The van der Waals surface area contributed by atoms with Crippen LogP contribution in [0.4, 0.5) is 15.2 Å². The molecule has 1 aromatic heterocycles. The molecule has 0 aliphatic rings. The molecule has 1 aromatic carbocycles. The fourth-order valence-electron chi connectivity index (χ4n) is 1.40. The summed E-state index contributed by atoms with van der Waals surface area (Å²) in [5, 5.41) is 22.4. The summed E-state index contributed by atoms with van der Waals surface area (Å²) >= 11 is 2.34. The van der Waals surface area contributed by atoms with E-state index in [0.29, 0.717) is 27.5 Å². The fourth-order valence-corrected chi connectivity index (χ4v) is 3.22. The van der Waals surface area contributed by atoms with Crippen LogP contribution in [0.15, 0.2) is 27.4 Å². The third kappa shape index (κ3) is 4.34. The first-order chi connectivity index (χ1) is 10.1. The summed E-state index contributed by atoms with van der Waals surface area (Å²) in [5.74, 6) is -0.648. The fraction of sp³-hybridized carbons (Fsp3) is 0.273. The lowest BCUT2D eigenvalue weighted by Crippen LogP contribution is -2.06. The molecule has 1 heterocycles. The van der Waals surface area contributed by atoms with Crippen LogP contribution in [0.25, 0.3) is 0 Å². The number of ether oxygens (including phenoxy) is 1. The van der Waals surface area contributed by atoms with Crippen molar-refractivity contribution < 1.29 is 14.1 Å². The molecular formula is C11H11FN4O3S2. The van der Waals surface area contributed by atoms with Crippen molar-refractivity contribution in [3.8, 4) is 0 Å². The molecule has 0 saturated heterocycles. The van der Waals surface area contributed by atoms with Crippen LogP contribution in [-0.2, 0) is 4.74 Å². The monoisotopic (exact) mass is 330 g/mol. The van der Waals surface area contributed by atoms with Crippen molar-refractivity contribution in [3.05, 3.63) is 34.1 Å².